The molecule has 3 rings (SSSR count). The van der Waals surface area contributed by atoms with Crippen LogP contribution in [0.4, 0.5) is 18.9 Å². The van der Waals surface area contributed by atoms with Gasteiger partial charge in [-0.15, -0.1) is 0 Å². The first kappa shape index (κ1) is 15.5. The van der Waals surface area contributed by atoms with E-state index in [0.29, 0.717) is 0 Å². The van der Waals surface area contributed by atoms with Crippen molar-refractivity contribution in [3.8, 4) is 0 Å². The van der Waals surface area contributed by atoms with Crippen LogP contribution in [-0.4, -0.2) is 29.2 Å². The number of hydrogen-bond acceptors (Lipinski definition) is 3. The number of hydrogen-bond donors (Lipinski definition) is 2. The maximum atomic E-state index is 12.7. The van der Waals surface area contributed by atoms with Gasteiger partial charge in [0.25, 0.3) is 0 Å². The number of ether oxygens (including phenoxy) is 1. The SMILES string of the molecule is O=C(O)[C@@H]1[C@@H](C(=O)Nc2cccc(C(F)(F)F)c2)[C@@H]2C=C[C@@H]1O2. The molecule has 1 amide bonds. The molecular weight excluding hydrogens is 315 g/mol. The molecule has 1 saturated heterocycles. The van der Waals surface area contributed by atoms with Gasteiger partial charge in [0, 0.05) is 5.69 Å². The first-order valence-electron chi connectivity index (χ1n) is 6.82. The van der Waals surface area contributed by atoms with Crippen LogP contribution in [-0.2, 0) is 20.5 Å². The number of nitrogens with one attached hydrogen (secondary N) is 1. The van der Waals surface area contributed by atoms with Crippen molar-refractivity contribution < 1.29 is 32.6 Å². The Bertz CT molecular complexity index is 686. The number of benzene rings is 1. The number of rotatable bonds is 3. The number of amides is 1. The van der Waals surface area contributed by atoms with Crippen LogP contribution >= 0.6 is 0 Å². The lowest BCUT2D eigenvalue weighted by molar-refractivity contribution is -0.145. The normalized spacial score (nSPS) is 28.8. The predicted molar refractivity (Wildman–Crippen MR) is 72.5 cm³/mol. The summed E-state index contributed by atoms with van der Waals surface area (Å²) < 4.78 is 43.4. The summed E-state index contributed by atoms with van der Waals surface area (Å²) in [6, 6.07) is 4.17. The van der Waals surface area contributed by atoms with Crippen molar-refractivity contribution in [1.29, 1.82) is 0 Å². The van der Waals surface area contributed by atoms with Crippen molar-refractivity contribution in [2.24, 2.45) is 11.8 Å². The molecule has 0 aliphatic carbocycles. The Morgan fingerprint density at radius 2 is 1.78 bits per heavy atom. The first-order valence-corrected chi connectivity index (χ1v) is 6.82. The third-order valence-corrected chi connectivity index (χ3v) is 3.94. The average Bonchev–Trinajstić information content (AvgIpc) is 3.07. The molecule has 2 N–H and O–H groups in total. The third kappa shape index (κ3) is 2.81. The fraction of sp³-hybridized carbons (Fsp3) is 0.333. The van der Waals surface area contributed by atoms with Gasteiger partial charge in [-0.05, 0) is 18.2 Å². The van der Waals surface area contributed by atoms with Gasteiger partial charge < -0.3 is 15.2 Å². The van der Waals surface area contributed by atoms with E-state index in [9.17, 15) is 27.9 Å². The Hall–Kier alpha value is -2.35. The lowest BCUT2D eigenvalue weighted by atomic mass is 9.82. The van der Waals surface area contributed by atoms with Gasteiger partial charge in [0.2, 0.25) is 5.91 Å². The highest BCUT2D eigenvalue weighted by Crippen LogP contribution is 2.40. The highest BCUT2D eigenvalue weighted by Gasteiger charge is 2.53. The number of carboxylic acids is 1. The second-order valence-electron chi connectivity index (χ2n) is 5.41. The Morgan fingerprint density at radius 1 is 1.13 bits per heavy atom. The molecule has 0 saturated carbocycles. The number of anilines is 1. The lowest BCUT2D eigenvalue weighted by Crippen LogP contribution is -2.39. The van der Waals surface area contributed by atoms with E-state index < -0.39 is 47.7 Å². The molecule has 0 radical (unpaired) electrons. The van der Waals surface area contributed by atoms with Gasteiger partial charge in [-0.25, -0.2) is 0 Å². The molecule has 8 heteroatoms. The van der Waals surface area contributed by atoms with Gasteiger partial charge in [0.15, 0.2) is 0 Å². The maximum absolute atomic E-state index is 12.7. The van der Waals surface area contributed by atoms with Crippen LogP contribution in [0.5, 0.6) is 0 Å². The van der Waals surface area contributed by atoms with E-state index in [4.69, 9.17) is 4.74 Å². The summed E-state index contributed by atoms with van der Waals surface area (Å²) in [6.07, 6.45) is -2.71. The highest BCUT2D eigenvalue weighted by atomic mass is 19.4. The first-order chi connectivity index (χ1) is 10.8. The summed E-state index contributed by atoms with van der Waals surface area (Å²) in [5.74, 6) is -3.87. The van der Waals surface area contributed by atoms with Crippen LogP contribution < -0.4 is 5.32 Å². The fourth-order valence-electron chi connectivity index (χ4n) is 2.91. The van der Waals surface area contributed by atoms with Crippen LogP contribution in [0.2, 0.25) is 0 Å². The minimum Gasteiger partial charge on any atom is -0.481 e. The topological polar surface area (TPSA) is 75.6 Å². The summed E-state index contributed by atoms with van der Waals surface area (Å²) in [7, 11) is 0. The van der Waals surface area contributed by atoms with Gasteiger partial charge in [0.1, 0.15) is 5.92 Å². The van der Waals surface area contributed by atoms with E-state index in [-0.39, 0.29) is 5.69 Å². The van der Waals surface area contributed by atoms with Crippen molar-refractivity contribution in [1.82, 2.24) is 0 Å². The van der Waals surface area contributed by atoms with Crippen molar-refractivity contribution in [2.75, 3.05) is 5.32 Å². The van der Waals surface area contributed by atoms with Crippen molar-refractivity contribution in [3.05, 3.63) is 42.0 Å². The molecule has 23 heavy (non-hydrogen) atoms. The molecular formula is C15H12F3NO4. The number of carboxylic acid groups (broad SMARTS) is 1. The monoisotopic (exact) mass is 327 g/mol. The molecule has 5 nitrogen and oxygen atoms in total. The van der Waals surface area contributed by atoms with E-state index in [2.05, 4.69) is 5.32 Å². The van der Waals surface area contributed by atoms with Gasteiger partial charge in [0.05, 0.1) is 23.7 Å². The molecule has 1 fully saturated rings. The molecule has 0 unspecified atom stereocenters. The number of halogens is 3. The van der Waals surface area contributed by atoms with Crippen LogP contribution in [0.1, 0.15) is 5.56 Å². The minimum atomic E-state index is -4.53. The smallest absolute Gasteiger partial charge is 0.416 e. The molecule has 2 aliphatic heterocycles. The summed E-state index contributed by atoms with van der Waals surface area (Å²) in [6.45, 7) is 0. The third-order valence-electron chi connectivity index (χ3n) is 3.94. The number of aliphatic carboxylic acids is 1. The van der Waals surface area contributed by atoms with Crippen LogP contribution in [0.15, 0.2) is 36.4 Å². The zero-order valence-corrected chi connectivity index (χ0v) is 11.6. The van der Waals surface area contributed by atoms with E-state index in [1.807, 2.05) is 0 Å². The van der Waals surface area contributed by atoms with Crippen molar-refractivity contribution in [2.45, 2.75) is 18.4 Å². The lowest BCUT2D eigenvalue weighted by Gasteiger charge is -2.21. The zero-order valence-electron chi connectivity index (χ0n) is 11.6. The van der Waals surface area contributed by atoms with Crippen LogP contribution in [0, 0.1) is 11.8 Å². The molecule has 0 spiro atoms. The number of carbonyl (C=O) groups is 2. The summed E-state index contributed by atoms with van der Waals surface area (Å²) in [5, 5.41) is 11.6. The number of fused-ring (bicyclic) bond motifs is 2. The minimum absolute atomic E-state index is 0.0410. The van der Waals surface area contributed by atoms with Gasteiger partial charge in [-0.3, -0.25) is 9.59 Å². The average molecular weight is 327 g/mol. The van der Waals surface area contributed by atoms with Gasteiger partial charge in [-0.2, -0.15) is 13.2 Å². The molecule has 4 atom stereocenters. The van der Waals surface area contributed by atoms with Crippen LogP contribution in [0.3, 0.4) is 0 Å². The molecule has 2 aliphatic rings. The second-order valence-corrected chi connectivity index (χ2v) is 5.41. The van der Waals surface area contributed by atoms with Crippen molar-refractivity contribution in [3.63, 3.8) is 0 Å². The van der Waals surface area contributed by atoms with Crippen LogP contribution in [0.25, 0.3) is 0 Å². The van der Waals surface area contributed by atoms with E-state index in [1.165, 1.54) is 12.1 Å². The van der Waals surface area contributed by atoms with Gasteiger partial charge in [-0.1, -0.05) is 18.2 Å². The zero-order chi connectivity index (χ0) is 16.8. The van der Waals surface area contributed by atoms with E-state index in [1.54, 1.807) is 12.2 Å². The standard InChI is InChI=1S/C15H12F3NO4/c16-15(17,18)7-2-1-3-8(6-7)19-13(20)11-9-4-5-10(23-9)12(11)14(21)22/h1-6,9-12H,(H,19,20)(H,21,22)/t9-,10-,11-,12-/m0/s1. The van der Waals surface area contributed by atoms with E-state index in [0.717, 1.165) is 12.1 Å². The Morgan fingerprint density at radius 3 is 2.39 bits per heavy atom. The predicted octanol–water partition coefficient (Wildman–Crippen LogP) is 2.30. The number of carbonyl (C=O) groups excluding carboxylic acids is 1. The molecule has 1 aromatic carbocycles. The molecule has 1 aromatic rings. The second kappa shape index (κ2) is 5.38. The Labute approximate surface area is 128 Å². The van der Waals surface area contributed by atoms with E-state index >= 15 is 0 Å². The Kier molecular flexibility index (Phi) is 3.63. The highest BCUT2D eigenvalue weighted by molar-refractivity contribution is 5.96. The largest absolute Gasteiger partial charge is 0.481 e. The summed E-state index contributed by atoms with van der Waals surface area (Å²) in [4.78, 5) is 23.6. The van der Waals surface area contributed by atoms with Crippen molar-refractivity contribution >= 4 is 17.6 Å². The molecule has 2 bridgehead atoms. The maximum Gasteiger partial charge on any atom is 0.416 e. The quantitative estimate of drug-likeness (QED) is 0.835. The van der Waals surface area contributed by atoms with Gasteiger partial charge >= 0.3 is 12.1 Å². The molecule has 0 aromatic heterocycles. The fourth-order valence-corrected chi connectivity index (χ4v) is 2.91. The number of alkyl halides is 3. The summed E-state index contributed by atoms with van der Waals surface area (Å²) in [5.41, 5.74) is -0.935. The summed E-state index contributed by atoms with van der Waals surface area (Å²) >= 11 is 0. The Balaban J connectivity index is 1.80. The molecule has 122 valence electrons. The molecule has 2 heterocycles.